The van der Waals surface area contributed by atoms with Crippen LogP contribution >= 0.6 is 0 Å². The summed E-state index contributed by atoms with van der Waals surface area (Å²) in [6.07, 6.45) is 8.79. The molecule has 0 aromatic carbocycles. The van der Waals surface area contributed by atoms with Gasteiger partial charge in [0.15, 0.2) is 5.78 Å². The van der Waals surface area contributed by atoms with Crippen LogP contribution in [0.2, 0.25) is 0 Å². The molecule has 2 aliphatic rings. The number of nitrogens with zero attached hydrogens (tertiary/aromatic N) is 2. The summed E-state index contributed by atoms with van der Waals surface area (Å²) in [5.74, 6) is 1.32. The zero-order valence-corrected chi connectivity index (χ0v) is 15.9. The van der Waals surface area contributed by atoms with Gasteiger partial charge in [-0.15, -0.1) is 0 Å². The average molecular weight is 366 g/mol. The lowest BCUT2D eigenvalue weighted by Gasteiger charge is -2.36. The number of carbonyl (C=O) groups is 2. The largest absolute Gasteiger partial charge is 0.465 e. The number of rotatable bonds is 4. The van der Waals surface area contributed by atoms with E-state index in [1.807, 2.05) is 36.2 Å². The molecule has 142 valence electrons. The Morgan fingerprint density at radius 1 is 1.26 bits per heavy atom. The number of hydrogen-bond donors (Lipinski definition) is 0. The molecule has 1 saturated heterocycles. The number of Topliss-reactive ketones (excluding diaryl/α,β-unsaturated/α-hetero) is 1. The fourth-order valence-electron chi connectivity index (χ4n) is 4.44. The van der Waals surface area contributed by atoms with E-state index in [-0.39, 0.29) is 17.7 Å². The van der Waals surface area contributed by atoms with Crippen molar-refractivity contribution < 1.29 is 14.0 Å². The van der Waals surface area contributed by atoms with Crippen molar-refractivity contribution in [3.63, 3.8) is 0 Å². The molecule has 1 aliphatic heterocycles. The quantitative estimate of drug-likeness (QED) is 0.816. The number of aromatic nitrogens is 1. The summed E-state index contributed by atoms with van der Waals surface area (Å²) in [6.45, 7) is 2.56. The fourth-order valence-corrected chi connectivity index (χ4v) is 4.44. The summed E-state index contributed by atoms with van der Waals surface area (Å²) >= 11 is 0. The first-order valence-electron chi connectivity index (χ1n) is 10.0. The van der Waals surface area contributed by atoms with Gasteiger partial charge in [-0.2, -0.15) is 0 Å². The Kier molecular flexibility index (Phi) is 5.10. The molecule has 1 atom stereocenters. The Hall–Kier alpha value is -2.43. The second-order valence-corrected chi connectivity index (χ2v) is 7.62. The van der Waals surface area contributed by atoms with Crippen LogP contribution in [0.4, 0.5) is 0 Å². The molecule has 0 N–H and O–H groups in total. The lowest BCUT2D eigenvalue weighted by molar-refractivity contribution is 0.0596. The number of amides is 1. The Bertz CT molecular complexity index is 841. The highest BCUT2D eigenvalue weighted by molar-refractivity contribution is 6.10. The molecule has 5 nitrogen and oxygen atoms in total. The van der Waals surface area contributed by atoms with Gasteiger partial charge in [0.05, 0.1) is 11.1 Å². The Morgan fingerprint density at radius 2 is 2.15 bits per heavy atom. The van der Waals surface area contributed by atoms with E-state index < -0.39 is 0 Å². The SMILES string of the molecule is Cc1oc2c(c1C(=O)N1CCCC[C@H]1CCc1ccccn1)C(=O)CCC2. The van der Waals surface area contributed by atoms with E-state index in [9.17, 15) is 9.59 Å². The van der Waals surface area contributed by atoms with Gasteiger partial charge in [-0.1, -0.05) is 6.07 Å². The number of aryl methyl sites for hydroxylation is 3. The van der Waals surface area contributed by atoms with Crippen molar-refractivity contribution in [3.8, 4) is 0 Å². The zero-order chi connectivity index (χ0) is 18.8. The number of pyridine rings is 1. The van der Waals surface area contributed by atoms with Crippen LogP contribution in [0.1, 0.15) is 76.5 Å². The van der Waals surface area contributed by atoms with Crippen molar-refractivity contribution in [1.29, 1.82) is 0 Å². The maximum Gasteiger partial charge on any atom is 0.258 e. The van der Waals surface area contributed by atoms with Gasteiger partial charge in [-0.05, 0) is 57.6 Å². The maximum absolute atomic E-state index is 13.4. The first kappa shape index (κ1) is 18.0. The second kappa shape index (κ2) is 7.67. The van der Waals surface area contributed by atoms with Crippen LogP contribution in [-0.4, -0.2) is 34.2 Å². The van der Waals surface area contributed by atoms with Gasteiger partial charge in [0.25, 0.3) is 5.91 Å². The molecule has 0 spiro atoms. The molecule has 2 aromatic rings. The van der Waals surface area contributed by atoms with Crippen molar-refractivity contribution >= 4 is 11.7 Å². The topological polar surface area (TPSA) is 63.4 Å². The second-order valence-electron chi connectivity index (χ2n) is 7.62. The summed E-state index contributed by atoms with van der Waals surface area (Å²) in [6, 6.07) is 6.14. The molecule has 1 fully saturated rings. The van der Waals surface area contributed by atoms with Gasteiger partial charge in [0.1, 0.15) is 11.5 Å². The third-order valence-corrected chi connectivity index (χ3v) is 5.81. The molecule has 1 amide bonds. The Balaban J connectivity index is 1.56. The van der Waals surface area contributed by atoms with Gasteiger partial charge >= 0.3 is 0 Å². The third-order valence-electron chi connectivity index (χ3n) is 5.81. The number of carbonyl (C=O) groups excluding carboxylic acids is 2. The third kappa shape index (κ3) is 3.55. The molecule has 27 heavy (non-hydrogen) atoms. The lowest BCUT2D eigenvalue weighted by atomic mass is 9.91. The van der Waals surface area contributed by atoms with Gasteiger partial charge in [-0.25, -0.2) is 0 Å². The van der Waals surface area contributed by atoms with Crippen LogP contribution in [0.25, 0.3) is 0 Å². The van der Waals surface area contributed by atoms with Gasteiger partial charge in [0, 0.05) is 37.3 Å². The highest BCUT2D eigenvalue weighted by Gasteiger charge is 2.35. The average Bonchev–Trinajstić information content (AvgIpc) is 3.04. The normalized spacial score (nSPS) is 19.8. The van der Waals surface area contributed by atoms with E-state index in [1.54, 1.807) is 0 Å². The molecule has 4 rings (SSSR count). The smallest absolute Gasteiger partial charge is 0.258 e. The molecule has 0 bridgehead atoms. The minimum atomic E-state index is -0.0292. The van der Waals surface area contributed by atoms with Gasteiger partial charge in [-0.3, -0.25) is 14.6 Å². The van der Waals surface area contributed by atoms with Crippen LogP contribution < -0.4 is 0 Å². The molecule has 1 aliphatic carbocycles. The molecule has 2 aromatic heterocycles. The van der Waals surface area contributed by atoms with Crippen molar-refractivity contribution in [2.24, 2.45) is 0 Å². The van der Waals surface area contributed by atoms with Crippen LogP contribution in [0.3, 0.4) is 0 Å². The van der Waals surface area contributed by atoms with Crippen LogP contribution in [0.5, 0.6) is 0 Å². The highest BCUT2D eigenvalue weighted by Crippen LogP contribution is 2.32. The molecule has 0 radical (unpaired) electrons. The lowest BCUT2D eigenvalue weighted by Crippen LogP contribution is -2.44. The van der Waals surface area contributed by atoms with E-state index in [2.05, 4.69) is 4.98 Å². The minimum absolute atomic E-state index is 0.0292. The van der Waals surface area contributed by atoms with E-state index >= 15 is 0 Å². The van der Waals surface area contributed by atoms with E-state index in [0.29, 0.717) is 29.1 Å². The Labute approximate surface area is 159 Å². The summed E-state index contributed by atoms with van der Waals surface area (Å²) in [4.78, 5) is 32.3. The van der Waals surface area contributed by atoms with E-state index in [1.165, 1.54) is 0 Å². The first-order chi connectivity index (χ1) is 13.1. The summed E-state index contributed by atoms with van der Waals surface area (Å²) in [7, 11) is 0. The molecular formula is C22H26N2O3. The molecule has 0 saturated carbocycles. The van der Waals surface area contributed by atoms with Gasteiger partial charge in [0.2, 0.25) is 0 Å². The number of furan rings is 1. The number of ketones is 1. The zero-order valence-electron chi connectivity index (χ0n) is 15.9. The van der Waals surface area contributed by atoms with Crippen molar-refractivity contribution in [1.82, 2.24) is 9.88 Å². The summed E-state index contributed by atoms with van der Waals surface area (Å²) in [5, 5.41) is 0. The minimum Gasteiger partial charge on any atom is -0.465 e. The van der Waals surface area contributed by atoms with Crippen LogP contribution in [0.15, 0.2) is 28.8 Å². The van der Waals surface area contributed by atoms with Crippen LogP contribution in [-0.2, 0) is 12.8 Å². The predicted molar refractivity (Wildman–Crippen MR) is 102 cm³/mol. The van der Waals surface area contributed by atoms with Crippen molar-refractivity contribution in [2.75, 3.05) is 6.54 Å². The fraction of sp³-hybridized carbons (Fsp3) is 0.500. The highest BCUT2D eigenvalue weighted by atomic mass is 16.3. The van der Waals surface area contributed by atoms with E-state index in [0.717, 1.165) is 57.2 Å². The summed E-state index contributed by atoms with van der Waals surface area (Å²) < 4.78 is 5.81. The molecular weight excluding hydrogens is 340 g/mol. The molecule has 5 heteroatoms. The maximum atomic E-state index is 13.4. The first-order valence-corrected chi connectivity index (χ1v) is 10.0. The molecule has 0 unspecified atom stereocenters. The van der Waals surface area contributed by atoms with Crippen molar-refractivity contribution in [3.05, 3.63) is 52.7 Å². The number of piperidine rings is 1. The number of likely N-dealkylation sites (tertiary alicyclic amines) is 1. The van der Waals surface area contributed by atoms with E-state index in [4.69, 9.17) is 4.42 Å². The van der Waals surface area contributed by atoms with Crippen molar-refractivity contribution in [2.45, 2.75) is 64.3 Å². The number of fused-ring (bicyclic) bond motifs is 1. The van der Waals surface area contributed by atoms with Crippen LogP contribution in [0, 0.1) is 6.92 Å². The van der Waals surface area contributed by atoms with Gasteiger partial charge < -0.3 is 9.32 Å². The standard InChI is InChI=1S/C22H26N2O3/c1-15-20(21-18(25)9-6-10-19(21)27-15)22(26)24-14-5-3-8-17(24)12-11-16-7-2-4-13-23-16/h2,4,7,13,17H,3,5-6,8-12,14H2,1H3/t17-/m0/s1. The Morgan fingerprint density at radius 3 is 2.96 bits per heavy atom. The monoisotopic (exact) mass is 366 g/mol. The number of hydrogen-bond acceptors (Lipinski definition) is 4. The predicted octanol–water partition coefficient (Wildman–Crippen LogP) is 4.13. The molecule has 3 heterocycles. The summed E-state index contributed by atoms with van der Waals surface area (Å²) in [5.41, 5.74) is 2.12.